The number of nitrogens with two attached hydrogens (primary N) is 1. The highest BCUT2D eigenvalue weighted by Crippen LogP contribution is 2.38. The maximum absolute atomic E-state index is 13.7. The predicted octanol–water partition coefficient (Wildman–Crippen LogP) is 5.46. The number of para-hydroxylation sites is 1. The molecule has 3 aromatic rings. The van der Waals surface area contributed by atoms with Gasteiger partial charge in [0.25, 0.3) is 0 Å². The molecule has 3 rings (SSSR count). The minimum atomic E-state index is -4.59. The first-order valence-electron chi connectivity index (χ1n) is 9.37. The zero-order valence-corrected chi connectivity index (χ0v) is 16.6. The van der Waals surface area contributed by atoms with Crippen molar-refractivity contribution in [1.82, 2.24) is 9.97 Å². The normalized spacial score (nSPS) is 13.5. The maximum Gasteiger partial charge on any atom is 0.421 e. The number of rotatable bonds is 6. The largest absolute Gasteiger partial charge is 0.477 e. The van der Waals surface area contributed by atoms with Crippen LogP contribution >= 0.6 is 0 Å². The van der Waals surface area contributed by atoms with E-state index in [4.69, 9.17) is 10.5 Å². The monoisotopic (exact) mass is 403 g/mol. The van der Waals surface area contributed by atoms with E-state index in [1.165, 1.54) is 6.20 Å². The molecule has 0 aliphatic rings. The van der Waals surface area contributed by atoms with Crippen LogP contribution in [0.25, 0.3) is 22.0 Å². The molecule has 2 N–H and O–H groups in total. The lowest BCUT2D eigenvalue weighted by Gasteiger charge is -2.23. The topological polar surface area (TPSA) is 61.0 Å². The van der Waals surface area contributed by atoms with Gasteiger partial charge in [-0.25, -0.2) is 4.98 Å². The highest BCUT2D eigenvalue weighted by molar-refractivity contribution is 5.94. The lowest BCUT2D eigenvalue weighted by Crippen LogP contribution is -2.35. The Bertz CT molecular complexity index is 991. The van der Waals surface area contributed by atoms with Crippen LogP contribution in [0.3, 0.4) is 0 Å². The summed E-state index contributed by atoms with van der Waals surface area (Å²) >= 11 is 0. The molecule has 7 heteroatoms. The molecule has 2 aromatic heterocycles. The van der Waals surface area contributed by atoms with E-state index in [9.17, 15) is 13.2 Å². The Hall–Kier alpha value is -2.67. The molecule has 0 fully saturated rings. The molecule has 0 amide bonds. The standard InChI is InChI=1S/C22H24F3N3O/c1-14(11-21(2,3)26)13-29-20-18(22(23,24)25)10-15(12-28-20)16-8-9-27-19-7-5-4-6-17(16)19/h4-10,12,14H,11,13,26H2,1-3H3/t14-/m0/s1. The van der Waals surface area contributed by atoms with Crippen molar-refractivity contribution in [2.24, 2.45) is 11.7 Å². The third kappa shape index (κ3) is 5.23. The number of pyridine rings is 2. The summed E-state index contributed by atoms with van der Waals surface area (Å²) in [7, 11) is 0. The van der Waals surface area contributed by atoms with Gasteiger partial charge in [-0.1, -0.05) is 25.1 Å². The maximum atomic E-state index is 13.7. The summed E-state index contributed by atoms with van der Waals surface area (Å²) in [4.78, 5) is 8.26. The number of alkyl halides is 3. The van der Waals surface area contributed by atoms with Crippen LogP contribution in [0.15, 0.2) is 48.8 Å². The van der Waals surface area contributed by atoms with Crippen LogP contribution in [-0.2, 0) is 6.18 Å². The number of ether oxygens (including phenoxy) is 1. The van der Waals surface area contributed by atoms with E-state index in [-0.39, 0.29) is 12.5 Å². The molecule has 0 radical (unpaired) electrons. The van der Waals surface area contributed by atoms with Gasteiger partial charge in [-0.2, -0.15) is 13.2 Å². The molecule has 29 heavy (non-hydrogen) atoms. The number of benzene rings is 1. The number of nitrogens with zero attached hydrogens (tertiary/aromatic N) is 2. The van der Waals surface area contributed by atoms with Gasteiger partial charge in [-0.3, -0.25) is 4.98 Å². The lowest BCUT2D eigenvalue weighted by atomic mass is 9.93. The molecule has 0 bridgehead atoms. The van der Waals surface area contributed by atoms with Crippen LogP contribution in [0.2, 0.25) is 0 Å². The Morgan fingerprint density at radius 1 is 1.10 bits per heavy atom. The van der Waals surface area contributed by atoms with Gasteiger partial charge in [-0.15, -0.1) is 0 Å². The van der Waals surface area contributed by atoms with Crippen molar-refractivity contribution in [3.8, 4) is 17.0 Å². The molecule has 154 valence electrons. The second kappa shape index (κ2) is 7.99. The SMILES string of the molecule is C[C@H](COc1ncc(-c2ccnc3ccccc23)cc1C(F)(F)F)CC(C)(C)N. The summed E-state index contributed by atoms with van der Waals surface area (Å²) < 4.78 is 46.6. The van der Waals surface area contributed by atoms with Crippen LogP contribution < -0.4 is 10.5 Å². The number of hydrogen-bond donors (Lipinski definition) is 1. The van der Waals surface area contributed by atoms with Crippen LogP contribution in [0.1, 0.15) is 32.8 Å². The molecule has 0 aliphatic carbocycles. The van der Waals surface area contributed by atoms with Crippen molar-refractivity contribution in [2.45, 2.75) is 38.9 Å². The lowest BCUT2D eigenvalue weighted by molar-refractivity contribution is -0.139. The van der Waals surface area contributed by atoms with E-state index < -0.39 is 23.2 Å². The Morgan fingerprint density at radius 2 is 1.83 bits per heavy atom. The number of hydrogen-bond acceptors (Lipinski definition) is 4. The molecule has 0 spiro atoms. The molecule has 4 nitrogen and oxygen atoms in total. The minimum absolute atomic E-state index is 0.0123. The number of fused-ring (bicyclic) bond motifs is 1. The van der Waals surface area contributed by atoms with Gasteiger partial charge in [0.15, 0.2) is 0 Å². The average Bonchev–Trinajstić information content (AvgIpc) is 2.64. The molecule has 1 atom stereocenters. The average molecular weight is 403 g/mol. The van der Waals surface area contributed by atoms with Crippen molar-refractivity contribution in [1.29, 1.82) is 0 Å². The van der Waals surface area contributed by atoms with Crippen LogP contribution in [0, 0.1) is 5.92 Å². The number of halogens is 3. The fourth-order valence-electron chi connectivity index (χ4n) is 3.44. The summed E-state index contributed by atoms with van der Waals surface area (Å²) in [6.07, 6.45) is -0.984. The van der Waals surface area contributed by atoms with Crippen molar-refractivity contribution >= 4 is 10.9 Å². The van der Waals surface area contributed by atoms with Crippen molar-refractivity contribution in [3.63, 3.8) is 0 Å². The molecule has 0 saturated heterocycles. The zero-order chi connectivity index (χ0) is 21.2. The van der Waals surface area contributed by atoms with Crippen molar-refractivity contribution in [3.05, 3.63) is 54.4 Å². The zero-order valence-electron chi connectivity index (χ0n) is 16.6. The second-order valence-electron chi connectivity index (χ2n) is 8.06. The fourth-order valence-corrected chi connectivity index (χ4v) is 3.44. The highest BCUT2D eigenvalue weighted by atomic mass is 19.4. The summed E-state index contributed by atoms with van der Waals surface area (Å²) in [5.74, 6) is -0.428. The number of aromatic nitrogens is 2. The molecular formula is C22H24F3N3O. The Balaban J connectivity index is 1.95. The predicted molar refractivity (Wildman–Crippen MR) is 108 cm³/mol. The van der Waals surface area contributed by atoms with Gasteiger partial charge in [0.1, 0.15) is 5.56 Å². The van der Waals surface area contributed by atoms with Crippen LogP contribution in [0.5, 0.6) is 5.88 Å². The van der Waals surface area contributed by atoms with Gasteiger partial charge in [0.05, 0.1) is 12.1 Å². The van der Waals surface area contributed by atoms with Crippen LogP contribution in [0.4, 0.5) is 13.2 Å². The van der Waals surface area contributed by atoms with E-state index in [1.807, 2.05) is 45.0 Å². The second-order valence-corrected chi connectivity index (χ2v) is 8.06. The van der Waals surface area contributed by atoms with Gasteiger partial charge in [-0.05, 0) is 49.9 Å². The molecule has 0 saturated carbocycles. The summed E-state index contributed by atoms with van der Waals surface area (Å²) in [6.45, 7) is 5.74. The molecule has 1 aromatic carbocycles. The smallest absolute Gasteiger partial charge is 0.421 e. The van der Waals surface area contributed by atoms with Crippen molar-refractivity contribution in [2.75, 3.05) is 6.61 Å². The van der Waals surface area contributed by atoms with E-state index in [0.29, 0.717) is 23.1 Å². The summed E-state index contributed by atoms with van der Waals surface area (Å²) in [5, 5.41) is 0.761. The quantitative estimate of drug-likeness (QED) is 0.594. The molecule has 2 heterocycles. The molecular weight excluding hydrogens is 379 g/mol. The van der Waals surface area contributed by atoms with Gasteiger partial charge >= 0.3 is 6.18 Å². The van der Waals surface area contributed by atoms with Crippen LogP contribution in [-0.4, -0.2) is 22.1 Å². The fraction of sp³-hybridized carbons (Fsp3) is 0.364. The third-order valence-electron chi connectivity index (χ3n) is 4.50. The minimum Gasteiger partial charge on any atom is -0.477 e. The van der Waals surface area contributed by atoms with Gasteiger partial charge < -0.3 is 10.5 Å². The molecule has 0 unspecified atom stereocenters. The van der Waals surface area contributed by atoms with Crippen molar-refractivity contribution < 1.29 is 17.9 Å². The van der Waals surface area contributed by atoms with E-state index in [2.05, 4.69) is 9.97 Å². The third-order valence-corrected chi connectivity index (χ3v) is 4.50. The van der Waals surface area contributed by atoms with Gasteiger partial charge in [0, 0.05) is 28.9 Å². The summed E-state index contributed by atoms with van der Waals surface area (Å²) in [5.41, 5.74) is 6.37. The first-order valence-corrected chi connectivity index (χ1v) is 9.37. The first-order chi connectivity index (χ1) is 13.5. The Kier molecular flexibility index (Phi) is 5.80. The summed E-state index contributed by atoms with van der Waals surface area (Å²) in [6, 6.07) is 10.1. The van der Waals surface area contributed by atoms with E-state index in [1.54, 1.807) is 12.3 Å². The highest BCUT2D eigenvalue weighted by Gasteiger charge is 2.36. The first kappa shape index (κ1) is 21.0. The Morgan fingerprint density at radius 3 is 2.52 bits per heavy atom. The van der Waals surface area contributed by atoms with E-state index >= 15 is 0 Å². The molecule has 0 aliphatic heterocycles. The van der Waals surface area contributed by atoms with Gasteiger partial charge in [0.2, 0.25) is 5.88 Å². The van der Waals surface area contributed by atoms with E-state index in [0.717, 1.165) is 11.5 Å². The Labute approximate surface area is 167 Å².